The highest BCUT2D eigenvalue weighted by Gasteiger charge is 2.28. The van der Waals surface area contributed by atoms with Crippen LogP contribution in [-0.2, 0) is 18.4 Å². The zero-order valence-corrected chi connectivity index (χ0v) is 15.3. The molecule has 0 bridgehead atoms. The molecule has 3 heterocycles. The minimum absolute atomic E-state index is 0.110. The maximum atomic E-state index is 12.8. The number of aryl methyl sites for hydroxylation is 2. The Morgan fingerprint density at radius 1 is 1.33 bits per heavy atom. The van der Waals surface area contributed by atoms with E-state index in [1.807, 2.05) is 20.0 Å². The van der Waals surface area contributed by atoms with E-state index in [0.29, 0.717) is 22.9 Å². The van der Waals surface area contributed by atoms with Crippen molar-refractivity contribution in [2.75, 3.05) is 6.54 Å². The predicted octanol–water partition coefficient (Wildman–Crippen LogP) is 1.79. The van der Waals surface area contributed by atoms with Gasteiger partial charge >= 0.3 is 0 Å². The molecular formula is C19H21N5O3. The highest BCUT2D eigenvalue weighted by atomic mass is 16.3. The molecule has 1 fully saturated rings. The minimum Gasteiger partial charge on any atom is -0.467 e. The summed E-state index contributed by atoms with van der Waals surface area (Å²) in [6.45, 7) is 2.03. The molecule has 4 rings (SSSR count). The molecule has 8 heteroatoms. The van der Waals surface area contributed by atoms with Crippen molar-refractivity contribution in [2.24, 2.45) is 7.05 Å². The fourth-order valence-corrected chi connectivity index (χ4v) is 3.15. The number of aromatic nitrogens is 3. The summed E-state index contributed by atoms with van der Waals surface area (Å²) in [5.74, 6) is 0.488. The summed E-state index contributed by atoms with van der Waals surface area (Å²) in [7, 11) is 1.82. The van der Waals surface area contributed by atoms with Crippen molar-refractivity contribution in [3.05, 3.63) is 47.2 Å². The van der Waals surface area contributed by atoms with Gasteiger partial charge < -0.3 is 15.1 Å². The van der Waals surface area contributed by atoms with E-state index < -0.39 is 0 Å². The highest BCUT2D eigenvalue weighted by Crippen LogP contribution is 2.40. The number of carbonyl (C=O) groups is 2. The summed E-state index contributed by atoms with van der Waals surface area (Å²) in [6, 6.07) is 5.37. The molecule has 1 aliphatic rings. The predicted molar refractivity (Wildman–Crippen MR) is 98.1 cm³/mol. The molecule has 2 N–H and O–H groups in total. The first kappa shape index (κ1) is 17.3. The molecule has 1 aliphatic carbocycles. The van der Waals surface area contributed by atoms with Crippen LogP contribution in [0.3, 0.4) is 0 Å². The lowest BCUT2D eigenvalue weighted by Crippen LogP contribution is -2.36. The van der Waals surface area contributed by atoms with Crippen molar-refractivity contribution >= 4 is 22.8 Å². The molecule has 8 nitrogen and oxygen atoms in total. The van der Waals surface area contributed by atoms with Gasteiger partial charge in [-0.3, -0.25) is 14.3 Å². The highest BCUT2D eigenvalue weighted by molar-refractivity contribution is 6.07. The Morgan fingerprint density at radius 3 is 2.85 bits per heavy atom. The molecular weight excluding hydrogens is 346 g/mol. The van der Waals surface area contributed by atoms with Crippen molar-refractivity contribution in [3.63, 3.8) is 0 Å². The van der Waals surface area contributed by atoms with Gasteiger partial charge in [0, 0.05) is 18.7 Å². The summed E-state index contributed by atoms with van der Waals surface area (Å²) in [6.07, 6.45) is 3.73. The van der Waals surface area contributed by atoms with Crippen LogP contribution in [0.4, 0.5) is 0 Å². The van der Waals surface area contributed by atoms with Crippen molar-refractivity contribution in [3.8, 4) is 0 Å². The van der Waals surface area contributed by atoms with Gasteiger partial charge in [-0.1, -0.05) is 0 Å². The van der Waals surface area contributed by atoms with Gasteiger partial charge in [-0.2, -0.15) is 5.10 Å². The molecule has 0 spiro atoms. The first-order valence-electron chi connectivity index (χ1n) is 8.94. The third-order valence-corrected chi connectivity index (χ3v) is 4.68. The normalized spacial score (nSPS) is 13.7. The second kappa shape index (κ2) is 6.86. The lowest BCUT2D eigenvalue weighted by molar-refractivity contribution is -0.120. The topological polar surface area (TPSA) is 102 Å². The fraction of sp³-hybridized carbons (Fsp3) is 0.368. The van der Waals surface area contributed by atoms with E-state index in [0.717, 1.165) is 29.6 Å². The van der Waals surface area contributed by atoms with Gasteiger partial charge in [0.1, 0.15) is 5.76 Å². The van der Waals surface area contributed by atoms with E-state index in [4.69, 9.17) is 4.42 Å². The number of nitrogens with zero attached hydrogens (tertiary/aromatic N) is 3. The Labute approximate surface area is 155 Å². The van der Waals surface area contributed by atoms with E-state index >= 15 is 0 Å². The summed E-state index contributed by atoms with van der Waals surface area (Å²) in [5.41, 5.74) is 2.88. The number of carbonyl (C=O) groups excluding carboxylic acids is 2. The minimum atomic E-state index is -0.298. The van der Waals surface area contributed by atoms with E-state index in [1.165, 1.54) is 0 Å². The maximum absolute atomic E-state index is 12.8. The van der Waals surface area contributed by atoms with E-state index in [-0.39, 0.29) is 24.9 Å². The second-order valence-electron chi connectivity index (χ2n) is 6.82. The van der Waals surface area contributed by atoms with Gasteiger partial charge in [-0.15, -0.1) is 0 Å². The van der Waals surface area contributed by atoms with Crippen LogP contribution in [0, 0.1) is 6.92 Å². The monoisotopic (exact) mass is 367 g/mol. The second-order valence-corrected chi connectivity index (χ2v) is 6.82. The van der Waals surface area contributed by atoms with Crippen LogP contribution in [0.15, 0.2) is 28.9 Å². The lowest BCUT2D eigenvalue weighted by atomic mass is 10.1. The van der Waals surface area contributed by atoms with Crippen LogP contribution < -0.4 is 10.6 Å². The van der Waals surface area contributed by atoms with Crippen molar-refractivity contribution in [1.82, 2.24) is 25.4 Å². The third kappa shape index (κ3) is 3.55. The molecule has 0 saturated heterocycles. The molecule has 0 aliphatic heterocycles. The molecule has 0 radical (unpaired) electrons. The standard InChI is InChI=1S/C19H21N5O3/c1-11-17-14(8-15(12-5-6-12)22-18(17)24(2)23-11)19(26)21-10-16(25)20-9-13-4-3-7-27-13/h3-4,7-8,12H,5-6,9-10H2,1-2H3,(H,20,25)(H,21,26). The maximum Gasteiger partial charge on any atom is 0.252 e. The largest absolute Gasteiger partial charge is 0.467 e. The SMILES string of the molecule is Cc1nn(C)c2nc(C3CC3)cc(C(=O)NCC(=O)NCc3ccco3)c12. The van der Waals surface area contributed by atoms with Gasteiger partial charge in [-0.05, 0) is 38.0 Å². The summed E-state index contributed by atoms with van der Waals surface area (Å²) in [4.78, 5) is 29.5. The quantitative estimate of drug-likeness (QED) is 0.692. The smallest absolute Gasteiger partial charge is 0.252 e. The third-order valence-electron chi connectivity index (χ3n) is 4.68. The Balaban J connectivity index is 1.49. The van der Waals surface area contributed by atoms with E-state index in [1.54, 1.807) is 23.1 Å². The average molecular weight is 367 g/mol. The van der Waals surface area contributed by atoms with Gasteiger partial charge in [0.05, 0.1) is 36.0 Å². The molecule has 2 amide bonds. The number of furan rings is 1. The Bertz CT molecular complexity index is 1000. The number of nitrogens with one attached hydrogen (secondary N) is 2. The van der Waals surface area contributed by atoms with Crippen LogP contribution in [0.5, 0.6) is 0 Å². The number of rotatable bonds is 6. The van der Waals surface area contributed by atoms with Crippen LogP contribution in [-0.4, -0.2) is 33.1 Å². The first-order chi connectivity index (χ1) is 13.0. The lowest BCUT2D eigenvalue weighted by Gasteiger charge is -2.09. The zero-order valence-electron chi connectivity index (χ0n) is 15.3. The molecule has 3 aromatic rings. The van der Waals surface area contributed by atoms with E-state index in [9.17, 15) is 9.59 Å². The van der Waals surface area contributed by atoms with Gasteiger partial charge in [-0.25, -0.2) is 4.98 Å². The number of hydrogen-bond donors (Lipinski definition) is 2. The van der Waals surface area contributed by atoms with Crippen molar-refractivity contribution in [1.29, 1.82) is 0 Å². The summed E-state index contributed by atoms with van der Waals surface area (Å²) >= 11 is 0. The van der Waals surface area contributed by atoms with Crippen molar-refractivity contribution < 1.29 is 14.0 Å². The summed E-state index contributed by atoms with van der Waals surface area (Å²) in [5, 5.41) is 10.5. The molecule has 1 saturated carbocycles. The number of amides is 2. The van der Waals surface area contributed by atoms with Crippen LogP contribution in [0.25, 0.3) is 11.0 Å². The number of pyridine rings is 1. The Hall–Kier alpha value is -3.16. The molecule has 27 heavy (non-hydrogen) atoms. The van der Waals surface area contributed by atoms with Crippen LogP contribution >= 0.6 is 0 Å². The Kier molecular flexibility index (Phi) is 4.39. The van der Waals surface area contributed by atoms with Gasteiger partial charge in [0.2, 0.25) is 5.91 Å². The number of hydrogen-bond acceptors (Lipinski definition) is 5. The van der Waals surface area contributed by atoms with Gasteiger partial charge in [0.15, 0.2) is 5.65 Å². The van der Waals surface area contributed by atoms with Crippen LogP contribution in [0.1, 0.15) is 46.3 Å². The molecule has 140 valence electrons. The van der Waals surface area contributed by atoms with Crippen molar-refractivity contribution in [2.45, 2.75) is 32.2 Å². The van der Waals surface area contributed by atoms with E-state index in [2.05, 4.69) is 20.7 Å². The van der Waals surface area contributed by atoms with Gasteiger partial charge in [0.25, 0.3) is 5.91 Å². The molecule has 3 aromatic heterocycles. The fourth-order valence-electron chi connectivity index (χ4n) is 3.15. The zero-order chi connectivity index (χ0) is 19.0. The molecule has 0 unspecified atom stereocenters. The summed E-state index contributed by atoms with van der Waals surface area (Å²) < 4.78 is 6.86. The molecule has 0 aromatic carbocycles. The number of fused-ring (bicyclic) bond motifs is 1. The van der Waals surface area contributed by atoms with Crippen LogP contribution in [0.2, 0.25) is 0 Å². The Morgan fingerprint density at radius 2 is 2.15 bits per heavy atom. The first-order valence-corrected chi connectivity index (χ1v) is 8.94. The molecule has 0 atom stereocenters. The average Bonchev–Trinajstić information content (AvgIpc) is 3.30.